The summed E-state index contributed by atoms with van der Waals surface area (Å²) in [6, 6.07) is 8.06. The molecule has 0 spiro atoms. The van der Waals surface area contributed by atoms with Gasteiger partial charge in [0.15, 0.2) is 0 Å². The summed E-state index contributed by atoms with van der Waals surface area (Å²) in [5, 5.41) is 0.795. The zero-order valence-corrected chi connectivity index (χ0v) is 9.50. The predicted molar refractivity (Wildman–Crippen MR) is 62.8 cm³/mol. The first-order valence-electron chi connectivity index (χ1n) is 5.75. The first kappa shape index (κ1) is 9.68. The molecule has 2 saturated carbocycles. The van der Waals surface area contributed by atoms with Crippen molar-refractivity contribution in [1.29, 1.82) is 0 Å². The van der Waals surface area contributed by atoms with Gasteiger partial charge in [0.1, 0.15) is 0 Å². The summed E-state index contributed by atoms with van der Waals surface area (Å²) in [4.78, 5) is 0. The van der Waals surface area contributed by atoms with Gasteiger partial charge in [-0.1, -0.05) is 43.0 Å². The fraction of sp³-hybridized carbons (Fsp3) is 0.538. The van der Waals surface area contributed by atoms with E-state index in [1.165, 1.54) is 31.2 Å². The van der Waals surface area contributed by atoms with Gasteiger partial charge in [0.25, 0.3) is 0 Å². The summed E-state index contributed by atoms with van der Waals surface area (Å²) in [7, 11) is 0. The Labute approximate surface area is 95.6 Å². The second kappa shape index (κ2) is 3.23. The number of hydrogen-bond acceptors (Lipinski definition) is 1. The van der Waals surface area contributed by atoms with Crippen LogP contribution in [0.15, 0.2) is 24.3 Å². The van der Waals surface area contributed by atoms with Gasteiger partial charge in [-0.25, -0.2) is 0 Å². The van der Waals surface area contributed by atoms with Gasteiger partial charge < -0.3 is 5.73 Å². The average Bonchev–Trinajstić information content (AvgIpc) is 2.77. The van der Waals surface area contributed by atoms with E-state index in [9.17, 15) is 0 Å². The highest BCUT2D eigenvalue weighted by Crippen LogP contribution is 2.58. The molecule has 2 atom stereocenters. The van der Waals surface area contributed by atoms with Crippen LogP contribution in [0.4, 0.5) is 0 Å². The minimum atomic E-state index is -0.0321. The van der Waals surface area contributed by atoms with Crippen molar-refractivity contribution in [2.45, 2.75) is 31.2 Å². The predicted octanol–water partition coefficient (Wildman–Crippen LogP) is 3.31. The van der Waals surface area contributed by atoms with E-state index in [-0.39, 0.29) is 5.54 Å². The monoisotopic (exact) mass is 221 g/mol. The van der Waals surface area contributed by atoms with E-state index in [1.807, 2.05) is 12.1 Å². The van der Waals surface area contributed by atoms with Crippen molar-refractivity contribution in [3.63, 3.8) is 0 Å². The lowest BCUT2D eigenvalue weighted by Crippen LogP contribution is -2.27. The zero-order chi connectivity index (χ0) is 10.5. The van der Waals surface area contributed by atoms with E-state index >= 15 is 0 Å². The number of nitrogens with two attached hydrogens (primary N) is 1. The van der Waals surface area contributed by atoms with Crippen LogP contribution in [0.3, 0.4) is 0 Å². The van der Waals surface area contributed by atoms with Gasteiger partial charge in [-0.2, -0.15) is 0 Å². The van der Waals surface area contributed by atoms with Crippen molar-refractivity contribution in [2.24, 2.45) is 17.6 Å². The molecule has 15 heavy (non-hydrogen) atoms. The van der Waals surface area contributed by atoms with Crippen LogP contribution in [0, 0.1) is 11.8 Å². The normalized spacial score (nSPS) is 34.9. The molecule has 0 saturated heterocycles. The highest BCUT2D eigenvalue weighted by Gasteiger charge is 2.56. The van der Waals surface area contributed by atoms with Crippen LogP contribution < -0.4 is 5.73 Å². The molecule has 0 bridgehead atoms. The number of rotatable bonds is 2. The van der Waals surface area contributed by atoms with Gasteiger partial charge in [-0.15, -0.1) is 0 Å². The van der Waals surface area contributed by atoms with Crippen LogP contribution >= 0.6 is 11.6 Å². The molecule has 80 valence electrons. The standard InChI is InChI=1S/C13H16ClN/c14-11-6-4-10(5-7-11)13(15)8-12(13)9-2-1-3-9/h4-7,9,12H,1-3,8,15H2. The van der Waals surface area contributed by atoms with E-state index in [2.05, 4.69) is 12.1 Å². The molecule has 2 aliphatic carbocycles. The molecule has 0 aliphatic heterocycles. The Balaban J connectivity index is 1.80. The molecule has 1 aromatic rings. The Morgan fingerprint density at radius 1 is 1.20 bits per heavy atom. The maximum atomic E-state index is 6.43. The summed E-state index contributed by atoms with van der Waals surface area (Å²) >= 11 is 5.88. The Bertz CT molecular complexity index is 369. The molecule has 1 aromatic carbocycles. The second-order valence-corrected chi connectivity index (χ2v) is 5.49. The van der Waals surface area contributed by atoms with E-state index in [0.29, 0.717) is 0 Å². The lowest BCUT2D eigenvalue weighted by molar-refractivity contribution is 0.258. The van der Waals surface area contributed by atoms with Crippen molar-refractivity contribution in [2.75, 3.05) is 0 Å². The molecule has 0 heterocycles. The van der Waals surface area contributed by atoms with Crippen molar-refractivity contribution in [1.82, 2.24) is 0 Å². The summed E-state index contributed by atoms with van der Waals surface area (Å²) < 4.78 is 0. The average molecular weight is 222 g/mol. The van der Waals surface area contributed by atoms with E-state index < -0.39 is 0 Å². The zero-order valence-electron chi connectivity index (χ0n) is 8.75. The molecule has 2 fully saturated rings. The SMILES string of the molecule is NC1(c2ccc(Cl)cc2)CC1C1CCC1. The smallest absolute Gasteiger partial charge is 0.0445 e. The third-order valence-electron chi connectivity index (χ3n) is 4.16. The fourth-order valence-corrected chi connectivity index (χ4v) is 2.95. The molecular formula is C13H16ClN. The molecule has 0 radical (unpaired) electrons. The maximum Gasteiger partial charge on any atom is 0.0445 e. The topological polar surface area (TPSA) is 26.0 Å². The molecule has 0 amide bonds. The molecule has 2 unspecified atom stereocenters. The second-order valence-electron chi connectivity index (χ2n) is 5.05. The van der Waals surface area contributed by atoms with E-state index in [1.54, 1.807) is 0 Å². The summed E-state index contributed by atoms with van der Waals surface area (Å²) in [5.74, 6) is 1.62. The largest absolute Gasteiger partial charge is 0.321 e. The Hall–Kier alpha value is -0.530. The Morgan fingerprint density at radius 3 is 2.40 bits per heavy atom. The van der Waals surface area contributed by atoms with Crippen LogP contribution in [0.5, 0.6) is 0 Å². The van der Waals surface area contributed by atoms with Crippen molar-refractivity contribution in [3.8, 4) is 0 Å². The molecular weight excluding hydrogens is 206 g/mol. The molecule has 1 nitrogen and oxygen atoms in total. The van der Waals surface area contributed by atoms with Crippen LogP contribution in [-0.4, -0.2) is 0 Å². The van der Waals surface area contributed by atoms with Crippen molar-refractivity contribution >= 4 is 11.6 Å². The fourth-order valence-electron chi connectivity index (χ4n) is 2.83. The quantitative estimate of drug-likeness (QED) is 0.815. The van der Waals surface area contributed by atoms with Gasteiger partial charge in [0, 0.05) is 10.6 Å². The molecule has 2 heteroatoms. The Morgan fingerprint density at radius 2 is 1.87 bits per heavy atom. The summed E-state index contributed by atoms with van der Waals surface area (Å²) in [6.07, 6.45) is 5.34. The van der Waals surface area contributed by atoms with Gasteiger partial charge in [0.05, 0.1) is 0 Å². The maximum absolute atomic E-state index is 6.43. The number of halogens is 1. The van der Waals surface area contributed by atoms with Gasteiger partial charge in [-0.05, 0) is 36.0 Å². The van der Waals surface area contributed by atoms with Gasteiger partial charge >= 0.3 is 0 Å². The minimum absolute atomic E-state index is 0.0321. The van der Waals surface area contributed by atoms with Crippen LogP contribution in [0.25, 0.3) is 0 Å². The lowest BCUT2D eigenvalue weighted by Gasteiger charge is -2.27. The van der Waals surface area contributed by atoms with E-state index in [4.69, 9.17) is 17.3 Å². The van der Waals surface area contributed by atoms with Gasteiger partial charge in [-0.3, -0.25) is 0 Å². The molecule has 2 aliphatic rings. The third-order valence-corrected chi connectivity index (χ3v) is 4.41. The van der Waals surface area contributed by atoms with Crippen molar-refractivity contribution < 1.29 is 0 Å². The van der Waals surface area contributed by atoms with E-state index in [0.717, 1.165) is 16.9 Å². The van der Waals surface area contributed by atoms with Gasteiger partial charge in [0.2, 0.25) is 0 Å². The minimum Gasteiger partial charge on any atom is -0.321 e. The third kappa shape index (κ3) is 1.49. The molecule has 0 aromatic heterocycles. The summed E-state index contributed by atoms with van der Waals surface area (Å²) in [6.45, 7) is 0. The Kier molecular flexibility index (Phi) is 2.08. The number of benzene rings is 1. The first-order valence-corrected chi connectivity index (χ1v) is 6.13. The molecule has 3 rings (SSSR count). The highest BCUT2D eigenvalue weighted by atomic mass is 35.5. The van der Waals surface area contributed by atoms with Crippen LogP contribution in [0.1, 0.15) is 31.2 Å². The van der Waals surface area contributed by atoms with Crippen LogP contribution in [0.2, 0.25) is 5.02 Å². The highest BCUT2D eigenvalue weighted by molar-refractivity contribution is 6.30. The lowest BCUT2D eigenvalue weighted by atomic mass is 9.79. The first-order chi connectivity index (χ1) is 7.20. The number of hydrogen-bond donors (Lipinski definition) is 1. The molecule has 2 N–H and O–H groups in total. The van der Waals surface area contributed by atoms with Crippen LogP contribution in [-0.2, 0) is 5.54 Å². The summed E-state index contributed by atoms with van der Waals surface area (Å²) in [5.41, 5.74) is 7.66. The van der Waals surface area contributed by atoms with Crippen molar-refractivity contribution in [3.05, 3.63) is 34.9 Å².